The summed E-state index contributed by atoms with van der Waals surface area (Å²) in [5, 5.41) is 23.6. The third-order valence-corrected chi connectivity index (χ3v) is 10.3. The molecule has 0 aliphatic carbocycles. The number of amides is 3. The number of aliphatic hydroxyl groups is 1. The van der Waals surface area contributed by atoms with Crippen molar-refractivity contribution >= 4 is 56.4 Å². The van der Waals surface area contributed by atoms with Gasteiger partial charge in [0.05, 0.1) is 34.7 Å². The van der Waals surface area contributed by atoms with Crippen LogP contribution in [0, 0.1) is 11.8 Å². The van der Waals surface area contributed by atoms with Gasteiger partial charge < -0.3 is 20.6 Å². The van der Waals surface area contributed by atoms with Gasteiger partial charge in [-0.15, -0.1) is 16.9 Å². The Kier molecular flexibility index (Phi) is 5.65. The summed E-state index contributed by atoms with van der Waals surface area (Å²) in [5.74, 6) is -1.90. The van der Waals surface area contributed by atoms with Crippen LogP contribution in [0.25, 0.3) is 11.0 Å². The molecule has 12 heteroatoms. The first-order valence-corrected chi connectivity index (χ1v) is 12.7. The molecule has 3 saturated heterocycles. The van der Waals surface area contributed by atoms with E-state index in [-0.39, 0.29) is 41.1 Å². The first-order valence-electron chi connectivity index (χ1n) is 10.9. The summed E-state index contributed by atoms with van der Waals surface area (Å²) >= 11 is 5.26. The molecule has 1 spiro atoms. The molecule has 3 fully saturated rings. The normalized spacial score (nSPS) is 33.4. The summed E-state index contributed by atoms with van der Waals surface area (Å²) in [6, 6.07) is 6.08. The minimum Gasteiger partial charge on any atom is -0.394 e. The van der Waals surface area contributed by atoms with Crippen LogP contribution < -0.4 is 10.6 Å². The maximum atomic E-state index is 13.7. The Balaban J connectivity index is 1.48. The standard InChI is InChI=1S/C21H25BrN6O4S/c1-10(8-29)28-17(19(31)24-9-27-13-6-4-3-5-12(13)25-26-27)21-7-11(22)16(33-21)14(18(30)23-2)15(21)20(28)32/h3-6,10-11,14-17,29H,7-9H2,1-2H3,(H,23,30)(H,24,31)/t10-,11?,14+,15+,16+,17?,21?/m1/s1. The summed E-state index contributed by atoms with van der Waals surface area (Å²) in [7, 11) is 1.56. The highest BCUT2D eigenvalue weighted by atomic mass is 79.9. The van der Waals surface area contributed by atoms with Crippen LogP contribution in [0.15, 0.2) is 24.3 Å². The predicted molar refractivity (Wildman–Crippen MR) is 125 cm³/mol. The molecule has 3 amide bonds. The number of carbonyl (C=O) groups is 3. The maximum absolute atomic E-state index is 13.7. The molecule has 3 unspecified atom stereocenters. The van der Waals surface area contributed by atoms with Crippen molar-refractivity contribution in [1.29, 1.82) is 0 Å². The Hall–Kier alpha value is -2.18. The highest BCUT2D eigenvalue weighted by molar-refractivity contribution is 9.09. The van der Waals surface area contributed by atoms with Gasteiger partial charge in [-0.3, -0.25) is 14.4 Å². The van der Waals surface area contributed by atoms with Crippen molar-refractivity contribution in [3.8, 4) is 0 Å². The number of halogens is 1. The summed E-state index contributed by atoms with van der Waals surface area (Å²) in [5.41, 5.74) is 1.51. The van der Waals surface area contributed by atoms with Gasteiger partial charge in [0.1, 0.15) is 18.2 Å². The third-order valence-electron chi connectivity index (χ3n) is 7.09. The van der Waals surface area contributed by atoms with Gasteiger partial charge in [-0.05, 0) is 25.5 Å². The lowest BCUT2D eigenvalue weighted by atomic mass is 9.70. The molecule has 3 aliphatic rings. The van der Waals surface area contributed by atoms with Gasteiger partial charge in [0.2, 0.25) is 17.7 Å². The van der Waals surface area contributed by atoms with Gasteiger partial charge in [0.25, 0.3) is 0 Å². The SMILES string of the molecule is CNC(=O)[C@H]1[C@H]2C(=O)N([C@H](C)CO)C(C(=O)NCn3nnc4ccccc43)C23CC(Br)[C@@H]1S3. The number of aliphatic hydroxyl groups excluding tert-OH is 1. The largest absolute Gasteiger partial charge is 0.394 e. The van der Waals surface area contributed by atoms with Crippen LogP contribution in [-0.4, -0.2) is 83.3 Å². The number of fused-ring (bicyclic) bond motifs is 2. The van der Waals surface area contributed by atoms with Crippen LogP contribution >= 0.6 is 27.7 Å². The van der Waals surface area contributed by atoms with Gasteiger partial charge in [0.15, 0.2) is 0 Å². The van der Waals surface area contributed by atoms with Crippen molar-refractivity contribution in [3.63, 3.8) is 0 Å². The van der Waals surface area contributed by atoms with Crippen molar-refractivity contribution in [1.82, 2.24) is 30.5 Å². The fourth-order valence-electron chi connectivity index (χ4n) is 5.68. The van der Waals surface area contributed by atoms with Crippen molar-refractivity contribution < 1.29 is 19.5 Å². The minimum atomic E-state index is -0.809. The molecule has 2 aromatic rings. The molecule has 0 saturated carbocycles. The molecule has 4 heterocycles. The average Bonchev–Trinajstić information content (AvgIpc) is 3.53. The quantitative estimate of drug-likeness (QED) is 0.446. The van der Waals surface area contributed by atoms with Crippen LogP contribution in [0.5, 0.6) is 0 Å². The fraction of sp³-hybridized carbons (Fsp3) is 0.571. The number of aromatic nitrogens is 3. The molecule has 2 bridgehead atoms. The molecule has 5 rings (SSSR count). The van der Waals surface area contributed by atoms with Crippen LogP contribution in [0.1, 0.15) is 13.3 Å². The number of hydrogen-bond acceptors (Lipinski definition) is 7. The first-order chi connectivity index (χ1) is 15.8. The van der Waals surface area contributed by atoms with Crippen molar-refractivity contribution in [2.75, 3.05) is 13.7 Å². The molecule has 3 aliphatic heterocycles. The summed E-state index contributed by atoms with van der Waals surface area (Å²) < 4.78 is 0.851. The second-order valence-corrected chi connectivity index (χ2v) is 11.5. The Morgan fingerprint density at radius 2 is 2.12 bits per heavy atom. The lowest BCUT2D eigenvalue weighted by molar-refractivity contribution is -0.142. The molecule has 7 atom stereocenters. The van der Waals surface area contributed by atoms with Crippen molar-refractivity contribution in [3.05, 3.63) is 24.3 Å². The van der Waals surface area contributed by atoms with Gasteiger partial charge in [-0.1, -0.05) is 33.3 Å². The van der Waals surface area contributed by atoms with Crippen LogP contribution in [0.3, 0.4) is 0 Å². The number of alkyl halides is 1. The zero-order chi connectivity index (χ0) is 23.5. The van der Waals surface area contributed by atoms with Gasteiger partial charge in [0, 0.05) is 17.1 Å². The molecule has 33 heavy (non-hydrogen) atoms. The zero-order valence-corrected chi connectivity index (χ0v) is 20.5. The summed E-state index contributed by atoms with van der Waals surface area (Å²) in [4.78, 5) is 41.6. The number of carbonyl (C=O) groups excluding carboxylic acids is 3. The number of para-hydroxylation sites is 1. The predicted octanol–water partition coefficient (Wildman–Crippen LogP) is 0.0964. The van der Waals surface area contributed by atoms with E-state index in [4.69, 9.17) is 0 Å². The molecular weight excluding hydrogens is 512 g/mol. The average molecular weight is 537 g/mol. The van der Waals surface area contributed by atoms with E-state index in [9.17, 15) is 19.5 Å². The summed E-state index contributed by atoms with van der Waals surface area (Å²) in [6.07, 6.45) is 0.589. The second kappa shape index (κ2) is 8.24. The van der Waals surface area contributed by atoms with E-state index in [1.165, 1.54) is 4.90 Å². The topological polar surface area (TPSA) is 129 Å². The number of rotatable bonds is 6. The van der Waals surface area contributed by atoms with E-state index in [0.717, 1.165) is 11.0 Å². The number of benzene rings is 1. The second-order valence-electron chi connectivity index (χ2n) is 8.83. The van der Waals surface area contributed by atoms with Crippen molar-refractivity contribution in [2.45, 2.75) is 46.9 Å². The number of thioether (sulfide) groups is 1. The Morgan fingerprint density at radius 3 is 2.85 bits per heavy atom. The smallest absolute Gasteiger partial charge is 0.245 e. The van der Waals surface area contributed by atoms with E-state index in [1.807, 2.05) is 24.3 Å². The molecule has 1 aromatic carbocycles. The minimum absolute atomic E-state index is 0.00721. The monoisotopic (exact) mass is 536 g/mol. The summed E-state index contributed by atoms with van der Waals surface area (Å²) in [6.45, 7) is 1.54. The Bertz CT molecular complexity index is 1130. The highest BCUT2D eigenvalue weighted by Gasteiger charge is 2.75. The van der Waals surface area contributed by atoms with Crippen LogP contribution in [-0.2, 0) is 21.1 Å². The lowest BCUT2D eigenvalue weighted by Gasteiger charge is -2.36. The number of likely N-dealkylation sites (tertiary alicyclic amines) is 1. The van der Waals surface area contributed by atoms with Gasteiger partial charge >= 0.3 is 0 Å². The maximum Gasteiger partial charge on any atom is 0.245 e. The van der Waals surface area contributed by atoms with E-state index in [0.29, 0.717) is 6.42 Å². The van der Waals surface area contributed by atoms with Crippen molar-refractivity contribution in [2.24, 2.45) is 11.8 Å². The number of hydrogen-bond donors (Lipinski definition) is 3. The van der Waals surface area contributed by atoms with E-state index in [2.05, 4.69) is 36.9 Å². The van der Waals surface area contributed by atoms with E-state index < -0.39 is 28.7 Å². The van der Waals surface area contributed by atoms with E-state index >= 15 is 0 Å². The Labute approximate surface area is 202 Å². The third kappa shape index (κ3) is 3.21. The molecule has 176 valence electrons. The Morgan fingerprint density at radius 1 is 1.36 bits per heavy atom. The van der Waals surface area contributed by atoms with Crippen LogP contribution in [0.2, 0.25) is 0 Å². The van der Waals surface area contributed by atoms with Gasteiger partial charge in [-0.25, -0.2) is 4.68 Å². The molecular formula is C21H25BrN6O4S. The first kappa shape index (κ1) is 22.6. The highest BCUT2D eigenvalue weighted by Crippen LogP contribution is 2.67. The zero-order valence-electron chi connectivity index (χ0n) is 18.1. The molecule has 10 nitrogen and oxygen atoms in total. The molecule has 3 N–H and O–H groups in total. The molecule has 0 radical (unpaired) electrons. The lowest BCUT2D eigenvalue weighted by Crippen LogP contribution is -2.56. The van der Waals surface area contributed by atoms with E-state index in [1.54, 1.807) is 30.4 Å². The van der Waals surface area contributed by atoms with Crippen LogP contribution in [0.4, 0.5) is 0 Å². The number of nitrogens with one attached hydrogen (secondary N) is 2. The van der Waals surface area contributed by atoms with Gasteiger partial charge in [-0.2, -0.15) is 0 Å². The number of nitrogens with zero attached hydrogens (tertiary/aromatic N) is 4. The molecule has 1 aromatic heterocycles. The fourth-order valence-corrected chi connectivity index (χ4v) is 9.28.